The van der Waals surface area contributed by atoms with E-state index in [1.54, 1.807) is 12.1 Å². The molecule has 106 valence electrons. The fourth-order valence-corrected chi connectivity index (χ4v) is 4.29. The summed E-state index contributed by atoms with van der Waals surface area (Å²) in [4.78, 5) is 0. The van der Waals surface area contributed by atoms with Gasteiger partial charge in [0.1, 0.15) is 5.75 Å². The summed E-state index contributed by atoms with van der Waals surface area (Å²) in [5.41, 5.74) is 2.39. The molecule has 4 heteroatoms. The van der Waals surface area contributed by atoms with Crippen LogP contribution in [0.1, 0.15) is 11.1 Å². The molecule has 20 heavy (non-hydrogen) atoms. The van der Waals surface area contributed by atoms with Crippen molar-refractivity contribution in [3.8, 4) is 5.75 Å². The summed E-state index contributed by atoms with van der Waals surface area (Å²) in [5.74, 6) is 0.295. The van der Waals surface area contributed by atoms with E-state index in [2.05, 4.69) is 44.0 Å². The number of halogens is 3. The number of hydrogen-bond donors (Lipinski definition) is 1. The minimum absolute atomic E-state index is 0.0401. The lowest BCUT2D eigenvalue weighted by Gasteiger charge is -2.31. The molecule has 0 atom stereocenters. The number of aromatic hydroxyl groups is 1. The Hall–Kier alpha value is -0.510. The number of phenolic OH excluding ortho intramolecular Hbond substituents is 1. The molecular formula is C16H15Br2ClO. The van der Waals surface area contributed by atoms with Gasteiger partial charge in [-0.25, -0.2) is 0 Å². The molecular weight excluding hydrogens is 403 g/mol. The Balaban J connectivity index is 2.33. The second-order valence-electron chi connectivity index (χ2n) is 4.90. The minimum Gasteiger partial charge on any atom is -0.508 e. The molecule has 1 nitrogen and oxygen atoms in total. The van der Waals surface area contributed by atoms with E-state index in [-0.39, 0.29) is 5.41 Å². The van der Waals surface area contributed by atoms with E-state index >= 15 is 0 Å². The topological polar surface area (TPSA) is 20.2 Å². The van der Waals surface area contributed by atoms with E-state index in [4.69, 9.17) is 11.6 Å². The Morgan fingerprint density at radius 3 is 1.95 bits per heavy atom. The average molecular weight is 419 g/mol. The maximum atomic E-state index is 9.38. The highest BCUT2D eigenvalue weighted by Crippen LogP contribution is 2.33. The van der Waals surface area contributed by atoms with Crippen molar-refractivity contribution in [1.82, 2.24) is 0 Å². The van der Waals surface area contributed by atoms with Crippen LogP contribution in [0.25, 0.3) is 0 Å². The van der Waals surface area contributed by atoms with Crippen molar-refractivity contribution in [3.63, 3.8) is 0 Å². The van der Waals surface area contributed by atoms with Gasteiger partial charge in [0, 0.05) is 21.1 Å². The van der Waals surface area contributed by atoms with Gasteiger partial charge in [-0.2, -0.15) is 0 Å². The zero-order valence-corrected chi connectivity index (χ0v) is 14.7. The molecule has 0 bridgehead atoms. The van der Waals surface area contributed by atoms with Crippen molar-refractivity contribution in [2.45, 2.75) is 11.8 Å². The summed E-state index contributed by atoms with van der Waals surface area (Å²) >= 11 is 13.3. The Morgan fingerprint density at radius 2 is 1.45 bits per heavy atom. The molecule has 2 aromatic carbocycles. The SMILES string of the molecule is Oc1ccc(CC(CBr)(CBr)c2ccc(Cl)cc2)cc1. The van der Waals surface area contributed by atoms with Gasteiger partial charge in [0.2, 0.25) is 0 Å². The third kappa shape index (κ3) is 3.57. The number of benzene rings is 2. The summed E-state index contributed by atoms with van der Waals surface area (Å²) in [6, 6.07) is 15.4. The molecule has 2 aromatic rings. The van der Waals surface area contributed by atoms with Crippen molar-refractivity contribution in [2.24, 2.45) is 0 Å². The van der Waals surface area contributed by atoms with Crippen molar-refractivity contribution in [2.75, 3.05) is 10.7 Å². The van der Waals surface area contributed by atoms with Gasteiger partial charge >= 0.3 is 0 Å². The molecule has 0 saturated carbocycles. The van der Waals surface area contributed by atoms with E-state index in [9.17, 15) is 5.11 Å². The van der Waals surface area contributed by atoms with Crippen molar-refractivity contribution < 1.29 is 5.11 Å². The highest BCUT2D eigenvalue weighted by atomic mass is 79.9. The lowest BCUT2D eigenvalue weighted by molar-refractivity contribution is 0.474. The molecule has 0 radical (unpaired) electrons. The molecule has 0 spiro atoms. The molecule has 2 rings (SSSR count). The Labute approximate surface area is 141 Å². The van der Waals surface area contributed by atoms with Crippen molar-refractivity contribution in [1.29, 1.82) is 0 Å². The van der Waals surface area contributed by atoms with E-state index < -0.39 is 0 Å². The molecule has 0 saturated heterocycles. The van der Waals surface area contributed by atoms with Crippen LogP contribution >= 0.6 is 43.5 Å². The average Bonchev–Trinajstić information content (AvgIpc) is 2.48. The lowest BCUT2D eigenvalue weighted by Crippen LogP contribution is -2.32. The van der Waals surface area contributed by atoms with E-state index in [1.165, 1.54) is 11.1 Å². The third-order valence-corrected chi connectivity index (χ3v) is 5.85. The third-order valence-electron chi connectivity index (χ3n) is 3.45. The lowest BCUT2D eigenvalue weighted by atomic mass is 9.79. The molecule has 0 aliphatic rings. The molecule has 0 aromatic heterocycles. The smallest absolute Gasteiger partial charge is 0.115 e. The number of rotatable bonds is 5. The van der Waals surface area contributed by atoms with Crippen LogP contribution in [0.4, 0.5) is 0 Å². The zero-order valence-electron chi connectivity index (χ0n) is 10.8. The normalized spacial score (nSPS) is 11.6. The van der Waals surface area contributed by atoms with E-state index in [1.807, 2.05) is 24.3 Å². The number of hydrogen-bond acceptors (Lipinski definition) is 1. The summed E-state index contributed by atoms with van der Waals surface area (Å²) < 4.78 is 0. The van der Waals surface area contributed by atoms with Crippen LogP contribution in [0.3, 0.4) is 0 Å². The highest BCUT2D eigenvalue weighted by molar-refractivity contribution is 9.09. The van der Waals surface area contributed by atoms with Gasteiger partial charge in [0.15, 0.2) is 0 Å². The first kappa shape index (κ1) is 15.9. The predicted octanol–water partition coefficient (Wildman–Crippen LogP) is 5.32. The molecule has 0 fully saturated rings. The fourth-order valence-electron chi connectivity index (χ4n) is 2.19. The maximum absolute atomic E-state index is 9.38. The van der Waals surface area contributed by atoms with Gasteiger partial charge in [-0.05, 0) is 41.8 Å². The molecule has 0 amide bonds. The number of alkyl halides is 2. The summed E-state index contributed by atoms with van der Waals surface area (Å²) in [6.07, 6.45) is 0.880. The first-order chi connectivity index (χ1) is 9.59. The maximum Gasteiger partial charge on any atom is 0.115 e. The van der Waals surface area contributed by atoms with E-state index in [0.717, 1.165) is 22.1 Å². The summed E-state index contributed by atoms with van der Waals surface area (Å²) in [7, 11) is 0. The monoisotopic (exact) mass is 416 g/mol. The Morgan fingerprint density at radius 1 is 0.900 bits per heavy atom. The van der Waals surface area contributed by atoms with Gasteiger partial charge in [0.05, 0.1) is 0 Å². The van der Waals surface area contributed by atoms with Gasteiger partial charge in [-0.1, -0.05) is 67.7 Å². The standard InChI is InChI=1S/C16H15Br2ClO/c17-10-16(11-18,13-3-5-14(19)6-4-13)9-12-1-7-15(20)8-2-12/h1-8,20H,9-11H2. The highest BCUT2D eigenvalue weighted by Gasteiger charge is 2.30. The predicted molar refractivity (Wildman–Crippen MR) is 92.5 cm³/mol. The van der Waals surface area contributed by atoms with Crippen LogP contribution in [0, 0.1) is 0 Å². The molecule has 0 aliphatic carbocycles. The molecule has 0 aliphatic heterocycles. The van der Waals surface area contributed by atoms with Crippen LogP contribution in [0.15, 0.2) is 48.5 Å². The quantitative estimate of drug-likeness (QED) is 0.652. The zero-order chi connectivity index (χ0) is 14.6. The number of phenols is 1. The second-order valence-corrected chi connectivity index (χ2v) is 6.46. The first-order valence-electron chi connectivity index (χ1n) is 6.25. The Bertz CT molecular complexity index is 548. The summed E-state index contributed by atoms with van der Waals surface area (Å²) in [5, 5.41) is 11.8. The van der Waals surface area contributed by atoms with Gasteiger partial charge < -0.3 is 5.11 Å². The summed E-state index contributed by atoms with van der Waals surface area (Å²) in [6.45, 7) is 0. The molecule has 0 unspecified atom stereocenters. The Kier molecular flexibility index (Phi) is 5.53. The van der Waals surface area contributed by atoms with Crippen molar-refractivity contribution >= 4 is 43.5 Å². The van der Waals surface area contributed by atoms with Crippen molar-refractivity contribution in [3.05, 3.63) is 64.7 Å². The largest absolute Gasteiger partial charge is 0.508 e. The van der Waals surface area contributed by atoms with Crippen LogP contribution in [0.2, 0.25) is 5.02 Å². The second kappa shape index (κ2) is 6.97. The van der Waals surface area contributed by atoms with Crippen LogP contribution < -0.4 is 0 Å². The fraction of sp³-hybridized carbons (Fsp3) is 0.250. The van der Waals surface area contributed by atoms with Gasteiger partial charge in [0.25, 0.3) is 0 Å². The van der Waals surface area contributed by atoms with Crippen LogP contribution in [0.5, 0.6) is 5.75 Å². The molecule has 0 heterocycles. The van der Waals surface area contributed by atoms with Crippen LogP contribution in [-0.4, -0.2) is 15.8 Å². The molecule has 1 N–H and O–H groups in total. The first-order valence-corrected chi connectivity index (χ1v) is 8.87. The van der Waals surface area contributed by atoms with E-state index in [0.29, 0.717) is 5.75 Å². The van der Waals surface area contributed by atoms with Crippen LogP contribution in [-0.2, 0) is 11.8 Å². The van der Waals surface area contributed by atoms with Gasteiger partial charge in [-0.15, -0.1) is 0 Å². The minimum atomic E-state index is -0.0401. The van der Waals surface area contributed by atoms with Gasteiger partial charge in [-0.3, -0.25) is 0 Å².